The zero-order valence-corrected chi connectivity index (χ0v) is 15.8. The Morgan fingerprint density at radius 2 is 1.96 bits per heavy atom. The number of cyclic esters (lactones) is 1. The molecule has 0 aromatic heterocycles. The van der Waals surface area contributed by atoms with Gasteiger partial charge in [-0.25, -0.2) is 0 Å². The Balaban J connectivity index is 1.62. The Kier molecular flexibility index (Phi) is 8.99. The number of esters is 1. The van der Waals surface area contributed by atoms with Crippen LogP contribution >= 0.6 is 0 Å². The molecule has 3 atom stereocenters. The van der Waals surface area contributed by atoms with E-state index in [4.69, 9.17) is 4.74 Å². The standard InChI is InChI=1S/C22H34O3/c1-2-3-4-5-6-7-8-9-11-14-20(23)18-17-19(18)21-15-12-10-13-16-22(24)25-21/h6-7,9,11,18-19,21H,2-5,8,10,12-17H2,1H3/b7-6-,11-9+/t18-,19-,21-/m1/s1. The molecule has 1 heterocycles. The van der Waals surface area contributed by atoms with Crippen molar-refractivity contribution in [3.8, 4) is 0 Å². The molecular weight excluding hydrogens is 312 g/mol. The number of carbonyl (C=O) groups is 2. The van der Waals surface area contributed by atoms with Crippen LogP contribution in [0.25, 0.3) is 0 Å². The van der Waals surface area contributed by atoms with Crippen LogP contribution in [0.3, 0.4) is 0 Å². The number of ether oxygens (including phenoxy) is 1. The van der Waals surface area contributed by atoms with Crippen molar-refractivity contribution in [3.63, 3.8) is 0 Å². The maximum atomic E-state index is 12.3. The lowest BCUT2D eigenvalue weighted by Crippen LogP contribution is -2.23. The predicted octanol–water partition coefficient (Wildman–Crippen LogP) is 5.54. The highest BCUT2D eigenvalue weighted by Gasteiger charge is 2.48. The molecule has 0 aromatic rings. The van der Waals surface area contributed by atoms with E-state index in [1.54, 1.807) is 0 Å². The SMILES string of the molecule is CCCCC/C=C\C/C=C/CC(=O)[C@@H]1C[C@H]1[C@H]1CCCCCC(=O)O1. The van der Waals surface area contributed by atoms with E-state index in [1.807, 2.05) is 6.08 Å². The molecule has 3 heteroatoms. The largest absolute Gasteiger partial charge is 0.462 e. The molecule has 25 heavy (non-hydrogen) atoms. The molecule has 2 fully saturated rings. The zero-order chi connectivity index (χ0) is 17.9. The fourth-order valence-electron chi connectivity index (χ4n) is 3.63. The number of Topliss-reactive ketones (excluding diaryl/α,β-unsaturated/α-hetero) is 1. The average Bonchev–Trinajstić information content (AvgIpc) is 3.37. The maximum absolute atomic E-state index is 12.3. The molecule has 1 saturated carbocycles. The fourth-order valence-corrected chi connectivity index (χ4v) is 3.63. The van der Waals surface area contributed by atoms with E-state index < -0.39 is 0 Å². The molecule has 0 spiro atoms. The van der Waals surface area contributed by atoms with Gasteiger partial charge in [0.05, 0.1) is 0 Å². The second-order valence-corrected chi connectivity index (χ2v) is 7.48. The van der Waals surface area contributed by atoms with Gasteiger partial charge in [0.25, 0.3) is 0 Å². The van der Waals surface area contributed by atoms with Gasteiger partial charge in [-0.3, -0.25) is 9.59 Å². The Morgan fingerprint density at radius 1 is 1.12 bits per heavy atom. The van der Waals surface area contributed by atoms with E-state index in [1.165, 1.54) is 19.3 Å². The smallest absolute Gasteiger partial charge is 0.306 e. The highest BCUT2D eigenvalue weighted by Crippen LogP contribution is 2.45. The topological polar surface area (TPSA) is 43.4 Å². The van der Waals surface area contributed by atoms with Gasteiger partial charge in [0.1, 0.15) is 11.9 Å². The van der Waals surface area contributed by atoms with Crippen molar-refractivity contribution in [2.45, 2.75) is 90.1 Å². The minimum absolute atomic E-state index is 0.0169. The fraction of sp³-hybridized carbons (Fsp3) is 0.727. The summed E-state index contributed by atoms with van der Waals surface area (Å²) in [6.07, 6.45) is 20.4. The van der Waals surface area contributed by atoms with Crippen molar-refractivity contribution in [1.29, 1.82) is 0 Å². The molecular formula is C22H34O3. The number of ketones is 1. The number of carbonyl (C=O) groups excluding carboxylic acids is 2. The second kappa shape index (κ2) is 11.3. The first-order valence-electron chi connectivity index (χ1n) is 10.2. The molecule has 0 N–H and O–H groups in total. The summed E-state index contributed by atoms with van der Waals surface area (Å²) in [6.45, 7) is 2.22. The summed E-state index contributed by atoms with van der Waals surface area (Å²) in [4.78, 5) is 24.0. The first-order valence-corrected chi connectivity index (χ1v) is 10.2. The summed E-state index contributed by atoms with van der Waals surface area (Å²) >= 11 is 0. The summed E-state index contributed by atoms with van der Waals surface area (Å²) in [5, 5.41) is 0. The van der Waals surface area contributed by atoms with Gasteiger partial charge >= 0.3 is 5.97 Å². The molecule has 0 aromatic carbocycles. The Bertz CT molecular complexity index is 478. The van der Waals surface area contributed by atoms with Gasteiger partial charge in [-0.05, 0) is 44.9 Å². The molecule has 3 nitrogen and oxygen atoms in total. The lowest BCUT2D eigenvalue weighted by Gasteiger charge is -2.20. The minimum Gasteiger partial charge on any atom is -0.462 e. The van der Waals surface area contributed by atoms with Crippen molar-refractivity contribution in [2.24, 2.45) is 11.8 Å². The van der Waals surface area contributed by atoms with Crippen LogP contribution in [0, 0.1) is 11.8 Å². The van der Waals surface area contributed by atoms with Crippen LogP contribution in [0.2, 0.25) is 0 Å². The van der Waals surface area contributed by atoms with Crippen molar-refractivity contribution >= 4 is 11.8 Å². The monoisotopic (exact) mass is 346 g/mol. The highest BCUT2D eigenvalue weighted by molar-refractivity contribution is 5.85. The minimum atomic E-state index is -0.0755. The second-order valence-electron chi connectivity index (χ2n) is 7.48. The van der Waals surface area contributed by atoms with Gasteiger partial charge in [0, 0.05) is 24.7 Å². The van der Waals surface area contributed by atoms with Crippen LogP contribution in [0.1, 0.15) is 84.0 Å². The van der Waals surface area contributed by atoms with Gasteiger partial charge in [-0.2, -0.15) is 0 Å². The van der Waals surface area contributed by atoms with Crippen molar-refractivity contribution in [1.82, 2.24) is 0 Å². The van der Waals surface area contributed by atoms with Crippen LogP contribution < -0.4 is 0 Å². The highest BCUT2D eigenvalue weighted by atomic mass is 16.5. The molecule has 0 amide bonds. The van der Waals surface area contributed by atoms with Crippen LogP contribution in [-0.4, -0.2) is 17.9 Å². The Morgan fingerprint density at radius 3 is 2.80 bits per heavy atom. The third-order valence-corrected chi connectivity index (χ3v) is 5.28. The number of allylic oxidation sites excluding steroid dienone is 4. The zero-order valence-electron chi connectivity index (χ0n) is 15.8. The predicted molar refractivity (Wildman–Crippen MR) is 101 cm³/mol. The molecule has 1 aliphatic heterocycles. The van der Waals surface area contributed by atoms with Gasteiger partial charge in [-0.15, -0.1) is 0 Å². The summed E-state index contributed by atoms with van der Waals surface area (Å²) in [6, 6.07) is 0. The Labute approximate surface area is 152 Å². The normalized spacial score (nSPS) is 27.2. The summed E-state index contributed by atoms with van der Waals surface area (Å²) in [5.41, 5.74) is 0. The van der Waals surface area contributed by atoms with E-state index >= 15 is 0 Å². The quantitative estimate of drug-likeness (QED) is 0.296. The molecule has 2 rings (SSSR count). The third-order valence-electron chi connectivity index (χ3n) is 5.28. The van der Waals surface area contributed by atoms with Gasteiger partial charge < -0.3 is 4.74 Å². The van der Waals surface area contributed by atoms with Crippen LogP contribution in [0.15, 0.2) is 24.3 Å². The molecule has 1 saturated heterocycles. The van der Waals surface area contributed by atoms with E-state index in [9.17, 15) is 9.59 Å². The first-order chi connectivity index (χ1) is 12.2. The average molecular weight is 347 g/mol. The molecule has 1 aliphatic carbocycles. The number of hydrogen-bond acceptors (Lipinski definition) is 3. The van der Waals surface area contributed by atoms with Gasteiger partial charge in [0.2, 0.25) is 0 Å². The van der Waals surface area contributed by atoms with E-state index in [0.29, 0.717) is 18.6 Å². The number of hydrogen-bond donors (Lipinski definition) is 0. The summed E-state index contributed by atoms with van der Waals surface area (Å²) in [7, 11) is 0. The van der Waals surface area contributed by atoms with Crippen LogP contribution in [-0.2, 0) is 14.3 Å². The lowest BCUT2D eigenvalue weighted by molar-refractivity contribution is -0.152. The van der Waals surface area contributed by atoms with Crippen molar-refractivity contribution < 1.29 is 14.3 Å². The van der Waals surface area contributed by atoms with Crippen LogP contribution in [0.5, 0.6) is 0 Å². The van der Waals surface area contributed by atoms with Gasteiger partial charge in [0.15, 0.2) is 0 Å². The molecule has 140 valence electrons. The number of unbranched alkanes of at least 4 members (excludes halogenated alkanes) is 3. The lowest BCUT2D eigenvalue weighted by atomic mass is 10.0. The first kappa shape index (κ1) is 19.9. The van der Waals surface area contributed by atoms with Crippen molar-refractivity contribution in [3.05, 3.63) is 24.3 Å². The van der Waals surface area contributed by atoms with E-state index in [-0.39, 0.29) is 23.9 Å². The maximum Gasteiger partial charge on any atom is 0.306 e. The number of rotatable bonds is 10. The van der Waals surface area contributed by atoms with Crippen molar-refractivity contribution in [2.75, 3.05) is 0 Å². The molecule has 0 bridgehead atoms. The molecule has 0 radical (unpaired) electrons. The summed E-state index contributed by atoms with van der Waals surface area (Å²) < 4.78 is 5.58. The van der Waals surface area contributed by atoms with Gasteiger partial charge in [-0.1, -0.05) is 50.5 Å². The van der Waals surface area contributed by atoms with Crippen LogP contribution in [0.4, 0.5) is 0 Å². The third kappa shape index (κ3) is 7.58. The summed E-state index contributed by atoms with van der Waals surface area (Å²) in [5.74, 6) is 0.632. The Hall–Kier alpha value is -1.38. The molecule has 2 aliphatic rings. The van der Waals surface area contributed by atoms with E-state index in [0.717, 1.165) is 44.9 Å². The van der Waals surface area contributed by atoms with E-state index in [2.05, 4.69) is 25.2 Å². The molecule has 0 unspecified atom stereocenters.